The van der Waals surface area contributed by atoms with Crippen LogP contribution in [-0.4, -0.2) is 44.8 Å². The predicted molar refractivity (Wildman–Crippen MR) is 64.4 cm³/mol. The smallest absolute Gasteiger partial charge is 0.240 e. The van der Waals surface area contributed by atoms with Crippen LogP contribution in [0.15, 0.2) is 0 Å². The molecule has 92 valence electrons. The fourth-order valence-corrected chi connectivity index (χ4v) is 3.90. The van der Waals surface area contributed by atoms with E-state index in [1.54, 1.807) is 0 Å². The molecule has 0 bridgehead atoms. The van der Waals surface area contributed by atoms with Crippen LogP contribution in [0, 0.1) is 0 Å². The van der Waals surface area contributed by atoms with E-state index in [1.807, 2.05) is 11.8 Å². The lowest BCUT2D eigenvalue weighted by Gasteiger charge is -2.34. The van der Waals surface area contributed by atoms with Crippen molar-refractivity contribution in [1.29, 1.82) is 0 Å². The maximum atomic E-state index is 12.0. The fourth-order valence-electron chi connectivity index (χ4n) is 2.63. The molecule has 1 N–H and O–H groups in total. The third-order valence-electron chi connectivity index (χ3n) is 3.54. The van der Waals surface area contributed by atoms with Crippen molar-refractivity contribution in [2.75, 3.05) is 11.5 Å². The zero-order chi connectivity index (χ0) is 11.7. The molecule has 16 heavy (non-hydrogen) atoms. The molecular weight excluding hydrogens is 224 g/mol. The number of hydrogen-bond acceptors (Lipinski definition) is 3. The molecule has 2 fully saturated rings. The van der Waals surface area contributed by atoms with Gasteiger partial charge in [0.05, 0.1) is 12.2 Å². The summed E-state index contributed by atoms with van der Waals surface area (Å²) in [5.74, 6) is 1.71. The Morgan fingerprint density at radius 1 is 1.44 bits per heavy atom. The van der Waals surface area contributed by atoms with Gasteiger partial charge in [0, 0.05) is 28.3 Å². The second-order valence-corrected chi connectivity index (χ2v) is 6.33. The molecule has 0 saturated carbocycles. The summed E-state index contributed by atoms with van der Waals surface area (Å²) in [6.45, 7) is 4.02. The van der Waals surface area contributed by atoms with Gasteiger partial charge in [0.2, 0.25) is 5.91 Å². The summed E-state index contributed by atoms with van der Waals surface area (Å²) < 4.78 is 11.3. The van der Waals surface area contributed by atoms with Gasteiger partial charge >= 0.3 is 0 Å². The second-order valence-electron chi connectivity index (χ2n) is 4.64. The molecule has 2 saturated heterocycles. The molecule has 0 aliphatic carbocycles. The van der Waals surface area contributed by atoms with Crippen molar-refractivity contribution in [2.45, 2.75) is 51.4 Å². The van der Waals surface area contributed by atoms with Crippen molar-refractivity contribution in [3.05, 3.63) is 0 Å². The summed E-state index contributed by atoms with van der Waals surface area (Å²) in [4.78, 5) is 14.0. The van der Waals surface area contributed by atoms with Crippen molar-refractivity contribution in [3.63, 3.8) is 0 Å². The van der Waals surface area contributed by atoms with Gasteiger partial charge in [-0.25, -0.2) is 0 Å². The Hall–Kier alpha value is -0.420. The molecule has 1 amide bonds. The lowest BCUT2D eigenvalue weighted by atomic mass is 10.1. The lowest BCUT2D eigenvalue weighted by molar-refractivity contribution is -0.132. The summed E-state index contributed by atoms with van der Waals surface area (Å²) in [5.41, 5.74) is 0. The molecule has 2 aliphatic heterocycles. The number of amides is 1. The molecule has 5 heteroatoms. The predicted octanol–water partition coefficient (Wildman–Crippen LogP) is 0.454. The Kier molecular flexibility index (Phi) is 3.64. The van der Waals surface area contributed by atoms with E-state index in [1.165, 1.54) is 0 Å². The van der Waals surface area contributed by atoms with Gasteiger partial charge in [0.25, 0.3) is 0 Å². The van der Waals surface area contributed by atoms with Crippen LogP contribution < -0.4 is 5.32 Å². The number of hydrogen-bond donors (Lipinski definition) is 1. The Bertz CT molecular complexity index is 298. The minimum Gasteiger partial charge on any atom is -0.323 e. The van der Waals surface area contributed by atoms with Crippen LogP contribution in [0.1, 0.15) is 33.1 Å². The molecule has 0 radical (unpaired) electrons. The molecule has 4 nitrogen and oxygen atoms in total. The molecule has 0 aromatic heterocycles. The van der Waals surface area contributed by atoms with Crippen LogP contribution in [0.2, 0.25) is 0 Å². The van der Waals surface area contributed by atoms with Crippen LogP contribution in [0.3, 0.4) is 0 Å². The van der Waals surface area contributed by atoms with Crippen molar-refractivity contribution in [3.8, 4) is 0 Å². The topological polar surface area (TPSA) is 49.4 Å². The first-order valence-electron chi connectivity index (χ1n) is 6.06. The first-order chi connectivity index (χ1) is 7.63. The maximum absolute atomic E-state index is 12.0. The van der Waals surface area contributed by atoms with E-state index in [4.69, 9.17) is 0 Å². The molecule has 2 unspecified atom stereocenters. The number of carbonyl (C=O) groups excluding carboxylic acids is 1. The minimum atomic E-state index is -0.653. The Balaban J connectivity index is 2.06. The van der Waals surface area contributed by atoms with E-state index in [-0.39, 0.29) is 18.1 Å². The maximum Gasteiger partial charge on any atom is 0.240 e. The quantitative estimate of drug-likeness (QED) is 0.767. The zero-order valence-electron chi connectivity index (χ0n) is 9.94. The van der Waals surface area contributed by atoms with Gasteiger partial charge in [0.1, 0.15) is 0 Å². The zero-order valence-corrected chi connectivity index (χ0v) is 10.8. The summed E-state index contributed by atoms with van der Waals surface area (Å²) in [6.07, 6.45) is 2.90. The van der Waals surface area contributed by atoms with E-state index in [0.29, 0.717) is 6.04 Å². The highest BCUT2D eigenvalue weighted by Gasteiger charge is 2.40. The standard InChI is InChI=1S/C11H20N2O2S/c1-3-10-12-8(2)11(14)13(10)9-4-6-16(15)7-5-9/h8-10,12H,3-7H2,1-2H3. The highest BCUT2D eigenvalue weighted by Crippen LogP contribution is 2.23. The van der Waals surface area contributed by atoms with E-state index in [2.05, 4.69) is 12.2 Å². The van der Waals surface area contributed by atoms with Crippen molar-refractivity contribution in [2.24, 2.45) is 0 Å². The normalized spacial score (nSPS) is 40.4. The van der Waals surface area contributed by atoms with Gasteiger partial charge in [-0.1, -0.05) is 6.92 Å². The summed E-state index contributed by atoms with van der Waals surface area (Å²) in [6, 6.07) is 0.241. The molecule has 0 aromatic rings. The Labute approximate surface area is 99.2 Å². The van der Waals surface area contributed by atoms with E-state index >= 15 is 0 Å². The van der Waals surface area contributed by atoms with Crippen LogP contribution in [-0.2, 0) is 15.6 Å². The molecule has 2 atom stereocenters. The van der Waals surface area contributed by atoms with Gasteiger partial charge in [-0.15, -0.1) is 0 Å². The highest BCUT2D eigenvalue weighted by atomic mass is 32.2. The van der Waals surface area contributed by atoms with E-state index < -0.39 is 10.8 Å². The van der Waals surface area contributed by atoms with Gasteiger partial charge in [-0.3, -0.25) is 14.3 Å². The fraction of sp³-hybridized carbons (Fsp3) is 0.909. The number of nitrogens with one attached hydrogen (secondary N) is 1. The van der Waals surface area contributed by atoms with Crippen LogP contribution in [0.4, 0.5) is 0 Å². The van der Waals surface area contributed by atoms with Crippen LogP contribution in [0.25, 0.3) is 0 Å². The number of carbonyl (C=O) groups is 1. The minimum absolute atomic E-state index is 0.0580. The van der Waals surface area contributed by atoms with Crippen LogP contribution in [0.5, 0.6) is 0 Å². The van der Waals surface area contributed by atoms with Gasteiger partial charge in [-0.05, 0) is 26.2 Å². The summed E-state index contributed by atoms with van der Waals surface area (Å²) in [7, 11) is -0.653. The average Bonchev–Trinajstić information content (AvgIpc) is 2.57. The monoisotopic (exact) mass is 244 g/mol. The first-order valence-corrected chi connectivity index (χ1v) is 7.55. The third kappa shape index (κ3) is 2.15. The van der Waals surface area contributed by atoms with E-state index in [9.17, 15) is 9.00 Å². The SMILES string of the molecule is CCC1NC(C)C(=O)N1C1CCS(=O)CC1. The van der Waals surface area contributed by atoms with Gasteiger partial charge in [0.15, 0.2) is 0 Å². The molecule has 0 aromatic carbocycles. The number of nitrogens with zero attached hydrogens (tertiary/aromatic N) is 1. The Morgan fingerprint density at radius 3 is 2.62 bits per heavy atom. The summed E-state index contributed by atoms with van der Waals surface area (Å²) >= 11 is 0. The lowest BCUT2D eigenvalue weighted by Crippen LogP contribution is -2.47. The van der Waals surface area contributed by atoms with Gasteiger partial charge < -0.3 is 4.90 Å². The van der Waals surface area contributed by atoms with Crippen molar-refractivity contribution < 1.29 is 9.00 Å². The van der Waals surface area contributed by atoms with Crippen molar-refractivity contribution in [1.82, 2.24) is 10.2 Å². The third-order valence-corrected chi connectivity index (χ3v) is 4.92. The Morgan fingerprint density at radius 2 is 2.06 bits per heavy atom. The second kappa shape index (κ2) is 4.84. The first kappa shape index (κ1) is 12.0. The molecule has 2 rings (SSSR count). The molecule has 0 spiro atoms. The van der Waals surface area contributed by atoms with Gasteiger partial charge in [-0.2, -0.15) is 0 Å². The molecule has 2 aliphatic rings. The van der Waals surface area contributed by atoms with E-state index in [0.717, 1.165) is 30.8 Å². The number of rotatable bonds is 2. The van der Waals surface area contributed by atoms with Crippen molar-refractivity contribution >= 4 is 16.7 Å². The molecular formula is C11H20N2O2S. The summed E-state index contributed by atoms with van der Waals surface area (Å²) in [5, 5.41) is 3.31. The van der Waals surface area contributed by atoms with Crippen LogP contribution >= 0.6 is 0 Å². The largest absolute Gasteiger partial charge is 0.323 e. The molecule has 2 heterocycles. The average molecular weight is 244 g/mol. The highest BCUT2D eigenvalue weighted by molar-refractivity contribution is 7.85.